The molecule has 6 nitrogen and oxygen atoms in total. The second-order valence-electron chi connectivity index (χ2n) is 5.58. The molecular weight excluding hydrogens is 340 g/mol. The van der Waals surface area contributed by atoms with E-state index in [2.05, 4.69) is 15.4 Å². The normalized spacial score (nSPS) is 12.1. The van der Waals surface area contributed by atoms with E-state index >= 15 is 0 Å². The molecule has 1 aromatic heterocycles. The zero-order chi connectivity index (χ0) is 17.6. The number of aromatic nitrogens is 4. The van der Waals surface area contributed by atoms with Gasteiger partial charge < -0.3 is 9.84 Å². The maximum absolute atomic E-state index is 8.99. The van der Waals surface area contributed by atoms with Crippen LogP contribution in [0.3, 0.4) is 0 Å². The van der Waals surface area contributed by atoms with Gasteiger partial charge in [0.2, 0.25) is 0 Å². The van der Waals surface area contributed by atoms with Crippen molar-refractivity contribution in [3.05, 3.63) is 70.5 Å². The Hall–Kier alpha value is -2.44. The molecule has 130 valence electrons. The smallest absolute Gasteiger partial charge is 0.175 e. The first-order valence-electron chi connectivity index (χ1n) is 7.97. The number of aliphatic hydroxyl groups is 1. The Kier molecular flexibility index (Phi) is 5.63. The topological polar surface area (TPSA) is 73.1 Å². The summed E-state index contributed by atoms with van der Waals surface area (Å²) < 4.78 is 5.24. The maximum atomic E-state index is 8.99. The molecule has 0 saturated heterocycles. The first-order valence-corrected chi connectivity index (χ1v) is 8.35. The van der Waals surface area contributed by atoms with Crippen LogP contribution in [0.5, 0.6) is 5.75 Å². The Balaban J connectivity index is 1.94. The van der Waals surface area contributed by atoms with Crippen LogP contribution in [0.2, 0.25) is 5.02 Å². The van der Waals surface area contributed by atoms with E-state index in [-0.39, 0.29) is 12.5 Å². The van der Waals surface area contributed by atoms with Crippen LogP contribution in [-0.2, 0) is 13.0 Å². The minimum Gasteiger partial charge on any atom is -0.497 e. The molecule has 0 fully saturated rings. The van der Waals surface area contributed by atoms with Gasteiger partial charge in [-0.15, -0.1) is 10.2 Å². The van der Waals surface area contributed by atoms with Crippen molar-refractivity contribution >= 4 is 11.6 Å². The highest BCUT2D eigenvalue weighted by molar-refractivity contribution is 6.31. The van der Waals surface area contributed by atoms with Crippen LogP contribution in [0.4, 0.5) is 0 Å². The Morgan fingerprint density at radius 2 is 1.92 bits per heavy atom. The van der Waals surface area contributed by atoms with Crippen molar-refractivity contribution in [1.29, 1.82) is 0 Å². The van der Waals surface area contributed by atoms with E-state index < -0.39 is 0 Å². The number of hydrogen-bond donors (Lipinski definition) is 1. The third kappa shape index (κ3) is 4.15. The summed E-state index contributed by atoms with van der Waals surface area (Å²) in [6.45, 7) is 0.300. The van der Waals surface area contributed by atoms with Crippen LogP contribution in [0.15, 0.2) is 48.5 Å². The predicted molar refractivity (Wildman–Crippen MR) is 94.9 cm³/mol. The lowest BCUT2D eigenvalue weighted by atomic mass is 9.88. The first kappa shape index (κ1) is 17.4. The number of methoxy groups -OCH3 is 1. The van der Waals surface area contributed by atoms with E-state index in [0.29, 0.717) is 23.8 Å². The van der Waals surface area contributed by atoms with E-state index in [1.165, 1.54) is 4.80 Å². The van der Waals surface area contributed by atoms with Crippen molar-refractivity contribution in [3.63, 3.8) is 0 Å². The van der Waals surface area contributed by atoms with Gasteiger partial charge in [-0.05, 0) is 34.5 Å². The number of ether oxygens (including phenoxy) is 1. The minimum atomic E-state index is -0.0256. The van der Waals surface area contributed by atoms with E-state index in [1.54, 1.807) is 7.11 Å². The summed E-state index contributed by atoms with van der Waals surface area (Å²) in [5, 5.41) is 22.1. The molecule has 0 saturated carbocycles. The van der Waals surface area contributed by atoms with Crippen LogP contribution < -0.4 is 4.74 Å². The monoisotopic (exact) mass is 358 g/mol. The summed E-state index contributed by atoms with van der Waals surface area (Å²) in [7, 11) is 1.64. The molecule has 0 aliphatic carbocycles. The second kappa shape index (κ2) is 8.09. The molecule has 2 aromatic carbocycles. The lowest BCUT2D eigenvalue weighted by molar-refractivity contribution is 0.259. The molecule has 0 amide bonds. The SMILES string of the molecule is COc1ccc([C@H](Cc2nnn(CCO)n2)c2ccccc2Cl)cc1. The standard InChI is InChI=1S/C18H19ClN4O2/c1-25-14-8-6-13(7-9-14)16(15-4-2-3-5-17(15)19)12-18-20-22-23(21-18)10-11-24/h2-9,16,24H,10-12H2,1H3/t16-/m0/s1. The molecule has 0 radical (unpaired) electrons. The van der Waals surface area contributed by atoms with Crippen molar-refractivity contribution in [1.82, 2.24) is 20.2 Å². The molecule has 0 aliphatic rings. The molecule has 0 spiro atoms. The minimum absolute atomic E-state index is 0.00798. The van der Waals surface area contributed by atoms with Gasteiger partial charge >= 0.3 is 0 Å². The number of benzene rings is 2. The zero-order valence-corrected chi connectivity index (χ0v) is 14.6. The number of aliphatic hydroxyl groups excluding tert-OH is 1. The number of tetrazole rings is 1. The fourth-order valence-electron chi connectivity index (χ4n) is 2.73. The summed E-state index contributed by atoms with van der Waals surface area (Å²) in [5.74, 6) is 1.40. The van der Waals surface area contributed by atoms with Crippen LogP contribution in [-0.4, -0.2) is 39.0 Å². The Bertz CT molecular complexity index is 820. The summed E-state index contributed by atoms with van der Waals surface area (Å²) >= 11 is 6.43. The van der Waals surface area contributed by atoms with Gasteiger partial charge in [0.1, 0.15) is 5.75 Å². The van der Waals surface area contributed by atoms with E-state index in [4.69, 9.17) is 21.4 Å². The van der Waals surface area contributed by atoms with Gasteiger partial charge in [-0.25, -0.2) is 0 Å². The quantitative estimate of drug-likeness (QED) is 0.703. The molecule has 1 atom stereocenters. The highest BCUT2D eigenvalue weighted by Gasteiger charge is 2.20. The summed E-state index contributed by atoms with van der Waals surface area (Å²) in [5.41, 5.74) is 2.10. The molecule has 0 bridgehead atoms. The third-order valence-corrected chi connectivity index (χ3v) is 4.32. The van der Waals surface area contributed by atoms with Gasteiger partial charge in [0.25, 0.3) is 0 Å². The van der Waals surface area contributed by atoms with Crippen LogP contribution in [0, 0.1) is 0 Å². The van der Waals surface area contributed by atoms with Crippen molar-refractivity contribution in [2.24, 2.45) is 0 Å². The molecule has 1 heterocycles. The van der Waals surface area contributed by atoms with Crippen LogP contribution in [0.25, 0.3) is 0 Å². The van der Waals surface area contributed by atoms with Gasteiger partial charge in [-0.2, -0.15) is 4.80 Å². The number of hydrogen-bond acceptors (Lipinski definition) is 5. The molecule has 3 aromatic rings. The van der Waals surface area contributed by atoms with Crippen LogP contribution in [0.1, 0.15) is 22.9 Å². The Morgan fingerprint density at radius 1 is 1.16 bits per heavy atom. The lowest BCUT2D eigenvalue weighted by Gasteiger charge is -2.18. The highest BCUT2D eigenvalue weighted by Crippen LogP contribution is 2.33. The van der Waals surface area contributed by atoms with Gasteiger partial charge in [-0.3, -0.25) is 0 Å². The molecule has 25 heavy (non-hydrogen) atoms. The van der Waals surface area contributed by atoms with Crippen molar-refractivity contribution in [2.75, 3.05) is 13.7 Å². The molecule has 7 heteroatoms. The number of rotatable bonds is 7. The van der Waals surface area contributed by atoms with Crippen LogP contribution >= 0.6 is 11.6 Å². The lowest BCUT2D eigenvalue weighted by Crippen LogP contribution is -2.09. The summed E-state index contributed by atoms with van der Waals surface area (Å²) in [4.78, 5) is 1.40. The Morgan fingerprint density at radius 3 is 2.60 bits per heavy atom. The van der Waals surface area contributed by atoms with Crippen molar-refractivity contribution < 1.29 is 9.84 Å². The number of nitrogens with zero attached hydrogens (tertiary/aromatic N) is 4. The van der Waals surface area contributed by atoms with Crippen molar-refractivity contribution in [3.8, 4) is 5.75 Å². The largest absolute Gasteiger partial charge is 0.497 e. The van der Waals surface area contributed by atoms with Crippen molar-refractivity contribution in [2.45, 2.75) is 18.9 Å². The number of halogens is 1. The van der Waals surface area contributed by atoms with Gasteiger partial charge in [0.05, 0.1) is 20.3 Å². The molecular formula is C18H19ClN4O2. The molecule has 1 N–H and O–H groups in total. The average Bonchev–Trinajstić information content (AvgIpc) is 3.08. The zero-order valence-electron chi connectivity index (χ0n) is 13.8. The molecule has 3 rings (SSSR count). The molecule has 0 aliphatic heterocycles. The fraction of sp³-hybridized carbons (Fsp3) is 0.278. The van der Waals surface area contributed by atoms with E-state index in [0.717, 1.165) is 16.9 Å². The Labute approximate surface area is 151 Å². The maximum Gasteiger partial charge on any atom is 0.175 e. The third-order valence-electron chi connectivity index (χ3n) is 3.98. The van der Waals surface area contributed by atoms with Gasteiger partial charge in [0, 0.05) is 17.4 Å². The van der Waals surface area contributed by atoms with Gasteiger partial charge in [-0.1, -0.05) is 41.9 Å². The summed E-state index contributed by atoms with van der Waals surface area (Å²) in [6.07, 6.45) is 0.557. The second-order valence-corrected chi connectivity index (χ2v) is 5.98. The predicted octanol–water partition coefficient (Wildman–Crippen LogP) is 2.70. The fourth-order valence-corrected chi connectivity index (χ4v) is 2.99. The molecule has 0 unspecified atom stereocenters. The first-order chi connectivity index (χ1) is 12.2. The van der Waals surface area contributed by atoms with E-state index in [1.807, 2.05) is 48.5 Å². The van der Waals surface area contributed by atoms with Gasteiger partial charge in [0.15, 0.2) is 5.82 Å². The average molecular weight is 359 g/mol. The summed E-state index contributed by atoms with van der Waals surface area (Å²) in [6, 6.07) is 15.7. The highest BCUT2D eigenvalue weighted by atomic mass is 35.5. The van der Waals surface area contributed by atoms with E-state index in [9.17, 15) is 0 Å².